The molecule has 1 aromatic carbocycles. The van der Waals surface area contributed by atoms with Gasteiger partial charge in [-0.2, -0.15) is 8.78 Å². The predicted molar refractivity (Wildman–Crippen MR) is 98.0 cm³/mol. The summed E-state index contributed by atoms with van der Waals surface area (Å²) in [5.41, 5.74) is 2.68. The number of ether oxygens (including phenoxy) is 2. The minimum Gasteiger partial charge on any atom is -0.458 e. The van der Waals surface area contributed by atoms with Crippen molar-refractivity contribution >= 4 is 23.3 Å². The fourth-order valence-corrected chi connectivity index (χ4v) is 3.12. The Hall–Kier alpha value is -2.48. The lowest BCUT2D eigenvalue weighted by atomic mass is 9.92. The molecule has 1 heterocycles. The number of carbonyl (C=O) groups excluding carboxylic acids is 1. The van der Waals surface area contributed by atoms with Crippen LogP contribution in [-0.2, 0) is 9.53 Å². The first kappa shape index (κ1) is 19.8. The minimum atomic E-state index is -2.91. The molecule has 1 aromatic rings. The van der Waals surface area contributed by atoms with Crippen molar-refractivity contribution < 1.29 is 23.0 Å². The molecule has 0 unspecified atom stereocenters. The molecule has 8 heteroatoms. The first-order valence-corrected chi connectivity index (χ1v) is 8.27. The summed E-state index contributed by atoms with van der Waals surface area (Å²) in [6.45, 7) is 5.74. The van der Waals surface area contributed by atoms with Crippen molar-refractivity contribution in [3.63, 3.8) is 0 Å². The standard InChI is InChI=1S/C18H20F2N2O3S/c1-5-6-24-16(23)13-11(4)21-18(26)22-14(13)12-7-9(2)15(10(3)8-12)25-17(19)20/h5,7-8,14,17H,1,6H2,2-4H3,(H2,21,22,26)/t14-/m1/s1. The summed E-state index contributed by atoms with van der Waals surface area (Å²) >= 11 is 5.19. The third kappa shape index (κ3) is 4.37. The SMILES string of the molecule is C=CCOC(=O)C1=C(C)NC(=S)N[C@@H]1c1cc(C)c(OC(F)F)c(C)c1. The van der Waals surface area contributed by atoms with Crippen molar-refractivity contribution in [3.05, 3.63) is 52.7 Å². The van der Waals surface area contributed by atoms with E-state index in [1.807, 2.05) is 0 Å². The molecule has 2 rings (SSSR count). The number of rotatable bonds is 6. The molecule has 0 amide bonds. The molecule has 0 saturated heterocycles. The van der Waals surface area contributed by atoms with Gasteiger partial charge in [-0.15, -0.1) is 0 Å². The highest BCUT2D eigenvalue weighted by Crippen LogP contribution is 2.33. The molecule has 1 aliphatic heterocycles. The second kappa shape index (κ2) is 8.27. The smallest absolute Gasteiger partial charge is 0.387 e. The van der Waals surface area contributed by atoms with E-state index in [1.165, 1.54) is 6.08 Å². The fraction of sp³-hybridized carbons (Fsp3) is 0.333. The zero-order valence-corrected chi connectivity index (χ0v) is 15.5. The van der Waals surface area contributed by atoms with Gasteiger partial charge >= 0.3 is 12.6 Å². The highest BCUT2D eigenvalue weighted by molar-refractivity contribution is 7.80. The first-order chi connectivity index (χ1) is 12.2. The molecular weight excluding hydrogens is 362 g/mol. The number of benzene rings is 1. The number of halogens is 2. The van der Waals surface area contributed by atoms with E-state index in [1.54, 1.807) is 32.9 Å². The summed E-state index contributed by atoms with van der Waals surface area (Å²) in [6.07, 6.45) is 1.47. The third-order valence-corrected chi connectivity index (χ3v) is 4.06. The third-order valence-electron chi connectivity index (χ3n) is 3.84. The normalized spacial score (nSPS) is 16.8. The van der Waals surface area contributed by atoms with Gasteiger partial charge in [-0.25, -0.2) is 4.79 Å². The number of allylic oxidation sites excluding steroid dienone is 1. The minimum absolute atomic E-state index is 0.0754. The molecule has 140 valence electrons. The Bertz CT molecular complexity index is 755. The number of carbonyl (C=O) groups is 1. The maximum atomic E-state index is 12.6. The van der Waals surface area contributed by atoms with Gasteiger partial charge < -0.3 is 20.1 Å². The van der Waals surface area contributed by atoms with E-state index in [0.717, 1.165) is 0 Å². The Labute approximate surface area is 156 Å². The van der Waals surface area contributed by atoms with E-state index in [2.05, 4.69) is 21.9 Å². The van der Waals surface area contributed by atoms with Crippen LogP contribution in [0.2, 0.25) is 0 Å². The molecule has 1 aliphatic rings. The van der Waals surface area contributed by atoms with Gasteiger partial charge in [0, 0.05) is 5.70 Å². The largest absolute Gasteiger partial charge is 0.458 e. The lowest BCUT2D eigenvalue weighted by Gasteiger charge is -2.30. The lowest BCUT2D eigenvalue weighted by Crippen LogP contribution is -2.45. The molecule has 2 N–H and O–H groups in total. The van der Waals surface area contributed by atoms with E-state index in [4.69, 9.17) is 17.0 Å². The molecule has 0 saturated carbocycles. The number of hydrogen-bond acceptors (Lipinski definition) is 4. The van der Waals surface area contributed by atoms with Gasteiger partial charge in [0.05, 0.1) is 11.6 Å². The van der Waals surface area contributed by atoms with Crippen LogP contribution in [0.4, 0.5) is 8.78 Å². The fourth-order valence-electron chi connectivity index (χ4n) is 2.85. The zero-order chi connectivity index (χ0) is 19.4. The van der Waals surface area contributed by atoms with Gasteiger partial charge in [0.25, 0.3) is 0 Å². The van der Waals surface area contributed by atoms with Crippen LogP contribution in [0.1, 0.15) is 29.7 Å². The zero-order valence-electron chi connectivity index (χ0n) is 14.7. The van der Waals surface area contributed by atoms with Crippen molar-refractivity contribution in [3.8, 4) is 5.75 Å². The van der Waals surface area contributed by atoms with Crippen LogP contribution >= 0.6 is 12.2 Å². The van der Waals surface area contributed by atoms with Crippen molar-refractivity contribution in [2.24, 2.45) is 0 Å². The molecule has 1 atom stereocenters. The van der Waals surface area contributed by atoms with Crippen molar-refractivity contribution in [1.82, 2.24) is 10.6 Å². The summed E-state index contributed by atoms with van der Waals surface area (Å²) in [6, 6.07) is 2.80. The van der Waals surface area contributed by atoms with Crippen LogP contribution in [-0.4, -0.2) is 24.3 Å². The highest BCUT2D eigenvalue weighted by Gasteiger charge is 2.31. The van der Waals surface area contributed by atoms with E-state index in [9.17, 15) is 13.6 Å². The Morgan fingerprint density at radius 1 is 1.35 bits per heavy atom. The number of esters is 1. The van der Waals surface area contributed by atoms with E-state index >= 15 is 0 Å². The summed E-state index contributed by atoms with van der Waals surface area (Å²) in [5.74, 6) is -0.394. The van der Waals surface area contributed by atoms with Gasteiger partial charge in [0.2, 0.25) is 0 Å². The van der Waals surface area contributed by atoms with Crippen LogP contribution in [0, 0.1) is 13.8 Å². The molecule has 26 heavy (non-hydrogen) atoms. The summed E-state index contributed by atoms with van der Waals surface area (Å²) in [7, 11) is 0. The predicted octanol–water partition coefficient (Wildman–Crippen LogP) is 3.43. The maximum Gasteiger partial charge on any atom is 0.387 e. The Morgan fingerprint density at radius 2 is 1.96 bits per heavy atom. The first-order valence-electron chi connectivity index (χ1n) is 7.86. The van der Waals surface area contributed by atoms with Crippen LogP contribution in [0.25, 0.3) is 0 Å². The quantitative estimate of drug-likeness (QED) is 0.447. The second-order valence-electron chi connectivity index (χ2n) is 5.82. The van der Waals surface area contributed by atoms with Gasteiger partial charge in [-0.05, 0) is 61.8 Å². The van der Waals surface area contributed by atoms with Crippen LogP contribution in [0.5, 0.6) is 5.75 Å². The van der Waals surface area contributed by atoms with E-state index < -0.39 is 18.6 Å². The van der Waals surface area contributed by atoms with E-state index in [0.29, 0.717) is 33.1 Å². The van der Waals surface area contributed by atoms with Crippen molar-refractivity contribution in [2.45, 2.75) is 33.4 Å². The number of hydrogen-bond donors (Lipinski definition) is 2. The summed E-state index contributed by atoms with van der Waals surface area (Å²) < 4.78 is 34.9. The topological polar surface area (TPSA) is 59.6 Å². The Kier molecular flexibility index (Phi) is 6.31. The molecule has 0 radical (unpaired) electrons. The Morgan fingerprint density at radius 3 is 2.50 bits per heavy atom. The maximum absolute atomic E-state index is 12.6. The van der Waals surface area contributed by atoms with Crippen molar-refractivity contribution in [2.75, 3.05) is 6.61 Å². The molecule has 0 aromatic heterocycles. The molecule has 0 aliphatic carbocycles. The number of nitrogens with one attached hydrogen (secondary N) is 2. The van der Waals surface area contributed by atoms with Gasteiger partial charge in [0.15, 0.2) is 5.11 Å². The number of thiocarbonyl (C=S) groups is 1. The molecule has 0 bridgehead atoms. The van der Waals surface area contributed by atoms with Gasteiger partial charge in [-0.3, -0.25) is 0 Å². The van der Waals surface area contributed by atoms with Gasteiger partial charge in [0.1, 0.15) is 12.4 Å². The van der Waals surface area contributed by atoms with Crippen molar-refractivity contribution in [1.29, 1.82) is 0 Å². The Balaban J connectivity index is 2.46. The van der Waals surface area contributed by atoms with Gasteiger partial charge in [-0.1, -0.05) is 12.7 Å². The van der Waals surface area contributed by atoms with Crippen LogP contribution in [0.15, 0.2) is 36.1 Å². The highest BCUT2D eigenvalue weighted by atomic mass is 32.1. The number of alkyl halides is 2. The summed E-state index contributed by atoms with van der Waals surface area (Å²) in [4.78, 5) is 12.5. The second-order valence-corrected chi connectivity index (χ2v) is 6.23. The average molecular weight is 382 g/mol. The summed E-state index contributed by atoms with van der Waals surface area (Å²) in [5, 5.41) is 6.29. The lowest BCUT2D eigenvalue weighted by molar-refractivity contribution is -0.138. The monoisotopic (exact) mass is 382 g/mol. The molecule has 0 spiro atoms. The van der Waals surface area contributed by atoms with Crippen LogP contribution in [0.3, 0.4) is 0 Å². The molecule has 5 nitrogen and oxygen atoms in total. The van der Waals surface area contributed by atoms with Crippen LogP contribution < -0.4 is 15.4 Å². The number of aryl methyl sites for hydroxylation is 2. The molecule has 0 fully saturated rings. The average Bonchev–Trinajstić information content (AvgIpc) is 2.54. The molecular formula is C18H20F2N2O3S. The van der Waals surface area contributed by atoms with E-state index in [-0.39, 0.29) is 12.4 Å².